The molecule has 0 aromatic rings. The van der Waals surface area contributed by atoms with Crippen molar-refractivity contribution in [2.24, 2.45) is 11.8 Å². The molecule has 0 unspecified atom stereocenters. The van der Waals surface area contributed by atoms with Gasteiger partial charge in [-0.3, -0.25) is 4.90 Å². The lowest BCUT2D eigenvalue weighted by Gasteiger charge is -2.47. The van der Waals surface area contributed by atoms with E-state index in [1.165, 1.54) is 25.7 Å². The molecule has 0 radical (unpaired) electrons. The van der Waals surface area contributed by atoms with Crippen LogP contribution in [-0.2, 0) is 9.47 Å². The minimum atomic E-state index is -0.0979. The molecule has 0 aromatic carbocycles. The standard InChI is InChI=1S/C19H35NO3/c1-19(2,3)20-12-18(13-20)23-7-5-15-8-14(9-15)4-6-22-17-10-16(21)11-17/h14-18,21H,4-13H2,1-3H3. The van der Waals surface area contributed by atoms with Gasteiger partial charge in [-0.05, 0) is 71.1 Å². The van der Waals surface area contributed by atoms with Crippen LogP contribution in [0.25, 0.3) is 0 Å². The second-order valence-corrected chi connectivity index (χ2v) is 8.97. The third-order valence-corrected chi connectivity index (χ3v) is 5.96. The number of aliphatic hydroxyl groups excluding tert-OH is 1. The quantitative estimate of drug-likeness (QED) is 0.745. The summed E-state index contributed by atoms with van der Waals surface area (Å²) in [6.07, 6.45) is 7.56. The molecule has 23 heavy (non-hydrogen) atoms. The van der Waals surface area contributed by atoms with Crippen LogP contribution in [0, 0.1) is 11.8 Å². The summed E-state index contributed by atoms with van der Waals surface area (Å²) in [5.74, 6) is 1.74. The normalized spacial score (nSPS) is 35.5. The molecule has 0 bridgehead atoms. The summed E-state index contributed by atoms with van der Waals surface area (Å²) in [4.78, 5) is 2.48. The number of ether oxygens (including phenoxy) is 2. The van der Waals surface area contributed by atoms with Crippen LogP contribution >= 0.6 is 0 Å². The van der Waals surface area contributed by atoms with Crippen molar-refractivity contribution in [3.05, 3.63) is 0 Å². The summed E-state index contributed by atoms with van der Waals surface area (Å²) in [6, 6.07) is 0. The SMILES string of the molecule is CC(C)(C)N1CC(OCCC2CC(CCOC3CC(O)C3)C2)C1. The van der Waals surface area contributed by atoms with Gasteiger partial charge in [0.1, 0.15) is 0 Å². The Morgan fingerprint density at radius 1 is 0.870 bits per heavy atom. The third-order valence-electron chi connectivity index (χ3n) is 5.96. The Labute approximate surface area is 141 Å². The highest BCUT2D eigenvalue weighted by Gasteiger charge is 2.35. The van der Waals surface area contributed by atoms with Crippen LogP contribution in [0.1, 0.15) is 59.3 Å². The zero-order valence-corrected chi connectivity index (χ0v) is 15.2. The molecule has 2 aliphatic carbocycles. The summed E-state index contributed by atoms with van der Waals surface area (Å²) in [5, 5.41) is 9.22. The third kappa shape index (κ3) is 4.91. The second-order valence-electron chi connectivity index (χ2n) is 8.97. The molecule has 0 atom stereocenters. The Morgan fingerprint density at radius 2 is 1.39 bits per heavy atom. The fourth-order valence-corrected chi connectivity index (χ4v) is 3.91. The van der Waals surface area contributed by atoms with E-state index in [1.54, 1.807) is 0 Å². The monoisotopic (exact) mass is 325 g/mol. The van der Waals surface area contributed by atoms with Crippen LogP contribution in [0.3, 0.4) is 0 Å². The number of likely N-dealkylation sites (tertiary alicyclic amines) is 1. The van der Waals surface area contributed by atoms with Gasteiger partial charge in [0, 0.05) is 31.8 Å². The van der Waals surface area contributed by atoms with E-state index in [2.05, 4.69) is 25.7 Å². The van der Waals surface area contributed by atoms with E-state index in [0.29, 0.717) is 17.7 Å². The molecule has 134 valence electrons. The van der Waals surface area contributed by atoms with E-state index in [9.17, 15) is 5.11 Å². The zero-order chi connectivity index (χ0) is 16.4. The largest absolute Gasteiger partial charge is 0.393 e. The highest BCUT2D eigenvalue weighted by molar-refractivity contribution is 4.89. The molecule has 4 nitrogen and oxygen atoms in total. The number of nitrogens with zero attached hydrogens (tertiary/aromatic N) is 1. The summed E-state index contributed by atoms with van der Waals surface area (Å²) >= 11 is 0. The topological polar surface area (TPSA) is 41.9 Å². The molecule has 3 rings (SSSR count). The lowest BCUT2D eigenvalue weighted by molar-refractivity contribution is -0.0945. The molecule has 1 heterocycles. The molecular weight excluding hydrogens is 290 g/mol. The highest BCUT2D eigenvalue weighted by Crippen LogP contribution is 2.38. The van der Waals surface area contributed by atoms with Gasteiger partial charge in [-0.2, -0.15) is 0 Å². The minimum Gasteiger partial charge on any atom is -0.393 e. The van der Waals surface area contributed by atoms with Crippen molar-refractivity contribution in [1.29, 1.82) is 0 Å². The summed E-state index contributed by atoms with van der Waals surface area (Å²) in [6.45, 7) is 10.8. The zero-order valence-electron chi connectivity index (χ0n) is 15.2. The van der Waals surface area contributed by atoms with Crippen molar-refractivity contribution in [2.45, 2.75) is 83.1 Å². The molecule has 1 aliphatic heterocycles. The molecule has 1 N–H and O–H groups in total. The van der Waals surface area contributed by atoms with E-state index in [4.69, 9.17) is 9.47 Å². The first-order valence-corrected chi connectivity index (χ1v) is 9.56. The number of hydrogen-bond acceptors (Lipinski definition) is 4. The second kappa shape index (κ2) is 7.38. The minimum absolute atomic E-state index is 0.0979. The van der Waals surface area contributed by atoms with Crippen molar-refractivity contribution in [3.63, 3.8) is 0 Å². The average molecular weight is 325 g/mol. The Kier molecular flexibility index (Phi) is 5.67. The summed E-state index contributed by atoms with van der Waals surface area (Å²) < 4.78 is 11.8. The average Bonchev–Trinajstić information content (AvgIpc) is 2.32. The lowest BCUT2D eigenvalue weighted by atomic mass is 9.72. The van der Waals surface area contributed by atoms with E-state index in [-0.39, 0.29) is 6.10 Å². The highest BCUT2D eigenvalue weighted by atomic mass is 16.5. The van der Waals surface area contributed by atoms with Gasteiger partial charge in [-0.25, -0.2) is 0 Å². The Balaban J connectivity index is 1.13. The van der Waals surface area contributed by atoms with E-state index >= 15 is 0 Å². The molecule has 4 heteroatoms. The van der Waals surface area contributed by atoms with Crippen molar-refractivity contribution in [2.75, 3.05) is 26.3 Å². The smallest absolute Gasteiger partial charge is 0.0829 e. The van der Waals surface area contributed by atoms with Crippen LogP contribution in [0.15, 0.2) is 0 Å². The lowest BCUT2D eigenvalue weighted by Crippen LogP contribution is -2.59. The Hall–Kier alpha value is -0.160. The maximum absolute atomic E-state index is 9.22. The Bertz CT molecular complexity index is 363. The van der Waals surface area contributed by atoms with Crippen LogP contribution in [0.2, 0.25) is 0 Å². The molecule has 0 aromatic heterocycles. The Morgan fingerprint density at radius 3 is 1.87 bits per heavy atom. The van der Waals surface area contributed by atoms with Crippen molar-refractivity contribution in [3.8, 4) is 0 Å². The van der Waals surface area contributed by atoms with Gasteiger partial charge >= 0.3 is 0 Å². The van der Waals surface area contributed by atoms with E-state index in [0.717, 1.165) is 51.0 Å². The number of aliphatic hydroxyl groups is 1. The van der Waals surface area contributed by atoms with Crippen LogP contribution in [0.4, 0.5) is 0 Å². The first-order valence-electron chi connectivity index (χ1n) is 9.56. The number of rotatable bonds is 8. The van der Waals surface area contributed by atoms with Crippen molar-refractivity contribution in [1.82, 2.24) is 4.90 Å². The van der Waals surface area contributed by atoms with Crippen molar-refractivity contribution >= 4 is 0 Å². The van der Waals surface area contributed by atoms with Gasteiger partial charge in [-0.1, -0.05) is 0 Å². The van der Waals surface area contributed by atoms with Crippen LogP contribution in [0.5, 0.6) is 0 Å². The van der Waals surface area contributed by atoms with Crippen molar-refractivity contribution < 1.29 is 14.6 Å². The van der Waals surface area contributed by atoms with Gasteiger partial charge < -0.3 is 14.6 Å². The molecule has 1 saturated heterocycles. The molecule has 0 spiro atoms. The van der Waals surface area contributed by atoms with Gasteiger partial charge in [0.25, 0.3) is 0 Å². The fourth-order valence-electron chi connectivity index (χ4n) is 3.91. The van der Waals surface area contributed by atoms with E-state index < -0.39 is 0 Å². The first kappa shape index (κ1) is 17.7. The predicted octanol–water partition coefficient (Wildman–Crippen LogP) is 2.83. The molecule has 3 fully saturated rings. The van der Waals surface area contributed by atoms with Crippen LogP contribution in [-0.4, -0.2) is 60.2 Å². The molecule has 3 aliphatic rings. The molecular formula is C19H35NO3. The van der Waals surface area contributed by atoms with E-state index in [1.807, 2.05) is 0 Å². The maximum atomic E-state index is 9.22. The van der Waals surface area contributed by atoms with Gasteiger partial charge in [0.2, 0.25) is 0 Å². The van der Waals surface area contributed by atoms with Crippen LogP contribution < -0.4 is 0 Å². The summed E-state index contributed by atoms with van der Waals surface area (Å²) in [5.41, 5.74) is 0.292. The summed E-state index contributed by atoms with van der Waals surface area (Å²) in [7, 11) is 0. The molecule has 0 amide bonds. The first-order chi connectivity index (χ1) is 10.9. The molecule has 2 saturated carbocycles. The maximum Gasteiger partial charge on any atom is 0.0829 e. The van der Waals surface area contributed by atoms with Gasteiger partial charge in [0.15, 0.2) is 0 Å². The van der Waals surface area contributed by atoms with Gasteiger partial charge in [0.05, 0.1) is 18.3 Å². The van der Waals surface area contributed by atoms with Gasteiger partial charge in [-0.15, -0.1) is 0 Å². The number of hydrogen-bond donors (Lipinski definition) is 1. The predicted molar refractivity (Wildman–Crippen MR) is 91.5 cm³/mol. The fraction of sp³-hybridized carbons (Fsp3) is 1.00.